The molecule has 0 radical (unpaired) electrons. The fourth-order valence-corrected chi connectivity index (χ4v) is 3.77. The number of carbonyl (C=O) groups is 1. The van der Waals surface area contributed by atoms with E-state index in [2.05, 4.69) is 31.2 Å². The van der Waals surface area contributed by atoms with Gasteiger partial charge < -0.3 is 15.3 Å². The van der Waals surface area contributed by atoms with E-state index in [4.69, 9.17) is 5.11 Å². The maximum absolute atomic E-state index is 10.7. The van der Waals surface area contributed by atoms with Crippen LogP contribution in [0.2, 0.25) is 0 Å². The van der Waals surface area contributed by atoms with Crippen molar-refractivity contribution in [2.45, 2.75) is 39.0 Å². The van der Waals surface area contributed by atoms with Crippen LogP contribution < -0.4 is 0 Å². The summed E-state index contributed by atoms with van der Waals surface area (Å²) in [6.45, 7) is 2.12. The van der Waals surface area contributed by atoms with Crippen LogP contribution in [0.1, 0.15) is 54.9 Å². The van der Waals surface area contributed by atoms with Gasteiger partial charge in [-0.3, -0.25) is 4.79 Å². The fourth-order valence-electron chi connectivity index (χ4n) is 3.77. The van der Waals surface area contributed by atoms with Gasteiger partial charge in [0, 0.05) is 6.42 Å². The van der Waals surface area contributed by atoms with Gasteiger partial charge in [0.1, 0.15) is 11.5 Å². The number of phenols is 2. The first-order chi connectivity index (χ1) is 15.0. The van der Waals surface area contributed by atoms with Gasteiger partial charge in [-0.15, -0.1) is 0 Å². The maximum Gasteiger partial charge on any atom is 0.303 e. The molecular weight excluding hydrogens is 388 g/mol. The molecule has 3 aromatic rings. The lowest BCUT2D eigenvalue weighted by Crippen LogP contribution is -1.96. The van der Waals surface area contributed by atoms with E-state index in [1.807, 2.05) is 24.3 Å². The number of aryl methyl sites for hydroxylation is 1. The van der Waals surface area contributed by atoms with Crippen LogP contribution in [-0.2, 0) is 11.2 Å². The molecule has 0 aliphatic rings. The molecule has 0 spiro atoms. The second-order valence-electron chi connectivity index (χ2n) is 7.60. The lowest BCUT2D eigenvalue weighted by Gasteiger charge is -2.17. The molecule has 3 N–H and O–H groups in total. The molecule has 0 saturated carbocycles. The summed E-state index contributed by atoms with van der Waals surface area (Å²) in [4.78, 5) is 10.7. The number of hydrogen-bond donors (Lipinski definition) is 3. The van der Waals surface area contributed by atoms with Crippen molar-refractivity contribution in [2.75, 3.05) is 0 Å². The van der Waals surface area contributed by atoms with Gasteiger partial charge in [0.25, 0.3) is 0 Å². The predicted octanol–water partition coefficient (Wildman–Crippen LogP) is 6.26. The summed E-state index contributed by atoms with van der Waals surface area (Å²) < 4.78 is 0. The molecule has 4 nitrogen and oxygen atoms in total. The predicted molar refractivity (Wildman–Crippen MR) is 124 cm³/mol. The molecule has 3 aromatic carbocycles. The van der Waals surface area contributed by atoms with Crippen molar-refractivity contribution in [3.63, 3.8) is 0 Å². The second-order valence-corrected chi connectivity index (χ2v) is 7.60. The van der Waals surface area contributed by atoms with Gasteiger partial charge in [-0.1, -0.05) is 55.5 Å². The number of aliphatic carboxylic acids is 1. The fraction of sp³-hybridized carbons (Fsp3) is 0.222. The first-order valence-corrected chi connectivity index (χ1v) is 10.6. The third kappa shape index (κ3) is 5.98. The molecule has 0 amide bonds. The normalized spacial score (nSPS) is 10.6. The highest BCUT2D eigenvalue weighted by atomic mass is 16.4. The van der Waals surface area contributed by atoms with Gasteiger partial charge in [-0.2, -0.15) is 0 Å². The standard InChI is InChI=1S/C27H28O4/c1-2-25(20-9-7-19(8-10-20)5-3-4-6-26(30)31)27(21-11-15-23(28)16-12-21)22-13-17-24(29)18-14-22/h7-18,28-29H,2-6H2,1H3,(H,30,31). The minimum Gasteiger partial charge on any atom is -0.508 e. The van der Waals surface area contributed by atoms with Gasteiger partial charge in [-0.25, -0.2) is 0 Å². The number of phenolic OH excluding ortho intramolecular Hbond substituents is 2. The minimum atomic E-state index is -0.746. The van der Waals surface area contributed by atoms with Crippen molar-refractivity contribution in [3.05, 3.63) is 95.1 Å². The molecule has 0 fully saturated rings. The summed E-state index contributed by atoms with van der Waals surface area (Å²) in [6.07, 6.45) is 3.43. The van der Waals surface area contributed by atoms with Gasteiger partial charge in [0.15, 0.2) is 0 Å². The van der Waals surface area contributed by atoms with Crippen LogP contribution in [0.25, 0.3) is 11.1 Å². The van der Waals surface area contributed by atoms with Gasteiger partial charge in [0.05, 0.1) is 0 Å². The number of unbranched alkanes of at least 4 members (excludes halogenated alkanes) is 1. The van der Waals surface area contributed by atoms with Gasteiger partial charge in [-0.05, 0) is 83.3 Å². The number of hydrogen-bond acceptors (Lipinski definition) is 3. The molecule has 0 unspecified atom stereocenters. The molecular formula is C27H28O4. The smallest absolute Gasteiger partial charge is 0.303 e. The summed E-state index contributed by atoms with van der Waals surface area (Å²) in [5.41, 5.74) is 6.55. The Morgan fingerprint density at radius 2 is 1.19 bits per heavy atom. The zero-order valence-electron chi connectivity index (χ0n) is 17.7. The molecule has 0 atom stereocenters. The Balaban J connectivity index is 1.96. The molecule has 31 heavy (non-hydrogen) atoms. The lowest BCUT2D eigenvalue weighted by atomic mass is 9.87. The van der Waals surface area contributed by atoms with Crippen molar-refractivity contribution >= 4 is 17.1 Å². The molecule has 4 heteroatoms. The Labute approximate surface area is 183 Å². The molecule has 0 aliphatic heterocycles. The average Bonchev–Trinajstić information content (AvgIpc) is 2.77. The highest BCUT2D eigenvalue weighted by molar-refractivity contribution is 5.98. The van der Waals surface area contributed by atoms with Crippen LogP contribution in [0, 0.1) is 0 Å². The molecule has 0 saturated heterocycles. The number of carboxylic acids is 1. The Hall–Kier alpha value is -3.53. The third-order valence-electron chi connectivity index (χ3n) is 5.38. The van der Waals surface area contributed by atoms with E-state index in [-0.39, 0.29) is 17.9 Å². The Kier molecular flexibility index (Phi) is 7.50. The van der Waals surface area contributed by atoms with Crippen LogP contribution in [0.5, 0.6) is 11.5 Å². The van der Waals surface area contributed by atoms with E-state index in [0.717, 1.165) is 41.5 Å². The van der Waals surface area contributed by atoms with E-state index < -0.39 is 5.97 Å². The van der Waals surface area contributed by atoms with E-state index in [9.17, 15) is 15.0 Å². The molecule has 160 valence electrons. The Bertz CT molecular complexity index is 983. The maximum atomic E-state index is 10.7. The van der Waals surface area contributed by atoms with Crippen LogP contribution in [0.4, 0.5) is 0 Å². The van der Waals surface area contributed by atoms with E-state index in [0.29, 0.717) is 6.42 Å². The monoisotopic (exact) mass is 416 g/mol. The Morgan fingerprint density at radius 3 is 1.65 bits per heavy atom. The van der Waals surface area contributed by atoms with Gasteiger partial charge >= 0.3 is 5.97 Å². The number of allylic oxidation sites excluding steroid dienone is 1. The van der Waals surface area contributed by atoms with Crippen LogP contribution >= 0.6 is 0 Å². The summed E-state index contributed by atoms with van der Waals surface area (Å²) in [6, 6.07) is 22.8. The van der Waals surface area contributed by atoms with Crippen molar-refractivity contribution < 1.29 is 20.1 Å². The Morgan fingerprint density at radius 1 is 0.710 bits per heavy atom. The van der Waals surface area contributed by atoms with Crippen molar-refractivity contribution in [1.82, 2.24) is 0 Å². The number of benzene rings is 3. The molecule has 0 aliphatic carbocycles. The zero-order chi connectivity index (χ0) is 22.2. The molecule has 0 bridgehead atoms. The van der Waals surface area contributed by atoms with Crippen molar-refractivity contribution in [2.24, 2.45) is 0 Å². The number of rotatable bonds is 9. The average molecular weight is 417 g/mol. The first kappa shape index (κ1) is 22.2. The minimum absolute atomic E-state index is 0.212. The summed E-state index contributed by atoms with van der Waals surface area (Å²) in [7, 11) is 0. The highest BCUT2D eigenvalue weighted by Gasteiger charge is 2.13. The number of carboxylic acid groups (broad SMARTS) is 1. The van der Waals surface area contributed by atoms with Crippen LogP contribution in [0.15, 0.2) is 72.8 Å². The largest absolute Gasteiger partial charge is 0.508 e. The van der Waals surface area contributed by atoms with Crippen molar-refractivity contribution in [1.29, 1.82) is 0 Å². The first-order valence-electron chi connectivity index (χ1n) is 10.6. The van der Waals surface area contributed by atoms with Crippen LogP contribution in [-0.4, -0.2) is 21.3 Å². The summed E-state index contributed by atoms with van der Waals surface area (Å²) in [5.74, 6) is -0.303. The quantitative estimate of drug-likeness (QED) is 0.284. The lowest BCUT2D eigenvalue weighted by molar-refractivity contribution is -0.137. The number of aromatic hydroxyl groups is 2. The molecule has 0 heterocycles. The summed E-state index contributed by atoms with van der Waals surface area (Å²) >= 11 is 0. The third-order valence-corrected chi connectivity index (χ3v) is 5.38. The van der Waals surface area contributed by atoms with Crippen molar-refractivity contribution in [3.8, 4) is 11.5 Å². The van der Waals surface area contributed by atoms with Gasteiger partial charge in [0.2, 0.25) is 0 Å². The zero-order valence-corrected chi connectivity index (χ0v) is 17.7. The second kappa shape index (κ2) is 10.5. The SMILES string of the molecule is CCC(=C(c1ccc(O)cc1)c1ccc(O)cc1)c1ccc(CCCCC(=O)O)cc1. The van der Waals surface area contributed by atoms with Crippen LogP contribution in [0.3, 0.4) is 0 Å². The topological polar surface area (TPSA) is 77.8 Å². The van der Waals surface area contributed by atoms with E-state index >= 15 is 0 Å². The van der Waals surface area contributed by atoms with E-state index in [1.54, 1.807) is 24.3 Å². The van der Waals surface area contributed by atoms with E-state index in [1.165, 1.54) is 11.1 Å². The summed E-state index contributed by atoms with van der Waals surface area (Å²) in [5, 5.41) is 28.2. The molecule has 3 rings (SSSR count). The molecule has 0 aromatic heterocycles. The highest BCUT2D eigenvalue weighted by Crippen LogP contribution is 2.35.